The molecule has 116 valence electrons. The zero-order chi connectivity index (χ0) is 15.4. The number of methoxy groups -OCH3 is 1. The van der Waals surface area contributed by atoms with Crippen molar-refractivity contribution in [2.75, 3.05) is 7.11 Å². The third-order valence-corrected chi connectivity index (χ3v) is 4.23. The lowest BCUT2D eigenvalue weighted by molar-refractivity contribution is -0.109. The van der Waals surface area contributed by atoms with E-state index in [0.717, 1.165) is 25.7 Å². The molecule has 1 saturated carbocycles. The van der Waals surface area contributed by atoms with Gasteiger partial charge in [-0.05, 0) is 31.7 Å². The molecule has 0 radical (unpaired) electrons. The molecule has 2 aromatic heterocycles. The van der Waals surface area contributed by atoms with Crippen LogP contribution in [0.25, 0.3) is 0 Å². The van der Waals surface area contributed by atoms with Crippen molar-refractivity contribution < 1.29 is 9.53 Å². The van der Waals surface area contributed by atoms with Crippen molar-refractivity contribution in [1.29, 1.82) is 0 Å². The maximum absolute atomic E-state index is 12.1. The van der Waals surface area contributed by atoms with Crippen molar-refractivity contribution in [1.82, 2.24) is 24.8 Å². The number of nitrogens with one attached hydrogen (secondary N) is 1. The molecule has 22 heavy (non-hydrogen) atoms. The second kappa shape index (κ2) is 6.23. The Labute approximate surface area is 128 Å². The van der Waals surface area contributed by atoms with Crippen molar-refractivity contribution in [2.45, 2.75) is 37.5 Å². The Hall–Kier alpha value is -2.28. The number of amides is 1. The topological polar surface area (TPSA) is 81.9 Å². The molecule has 1 aliphatic carbocycles. The lowest BCUT2D eigenvalue weighted by Crippen LogP contribution is -2.45. The summed E-state index contributed by atoms with van der Waals surface area (Å²) in [6, 6.07) is 1.80. The van der Waals surface area contributed by atoms with Gasteiger partial charge in [0.15, 0.2) is 0 Å². The fraction of sp³-hybridized carbons (Fsp3) is 0.467. The summed E-state index contributed by atoms with van der Waals surface area (Å²) in [5.74, 6) is -0.0150. The molecular weight excluding hydrogens is 282 g/mol. The Bertz CT molecular complexity index is 606. The molecule has 0 bridgehead atoms. The van der Waals surface area contributed by atoms with Gasteiger partial charge in [-0.3, -0.25) is 4.79 Å². The monoisotopic (exact) mass is 301 g/mol. The van der Waals surface area contributed by atoms with Crippen LogP contribution in [0.2, 0.25) is 0 Å². The van der Waals surface area contributed by atoms with Crippen LogP contribution in [-0.2, 0) is 10.5 Å². The van der Waals surface area contributed by atoms with E-state index in [0.29, 0.717) is 0 Å². The summed E-state index contributed by atoms with van der Waals surface area (Å²) in [5, 5.41) is 3.00. The first kappa shape index (κ1) is 14.6. The Balaban J connectivity index is 1.61. The number of hydrogen-bond acceptors (Lipinski definition) is 5. The number of carbonyl (C=O) groups is 1. The molecule has 1 amide bonds. The fourth-order valence-electron chi connectivity index (χ4n) is 2.95. The number of rotatable bonds is 4. The van der Waals surface area contributed by atoms with E-state index in [-0.39, 0.29) is 23.5 Å². The molecule has 0 aliphatic heterocycles. The predicted molar refractivity (Wildman–Crippen MR) is 79.0 cm³/mol. The molecule has 0 unspecified atom stereocenters. The van der Waals surface area contributed by atoms with Gasteiger partial charge in [0.25, 0.3) is 5.91 Å². The zero-order valence-electron chi connectivity index (χ0n) is 12.5. The van der Waals surface area contributed by atoms with Crippen molar-refractivity contribution in [3.63, 3.8) is 0 Å². The average Bonchev–Trinajstić information content (AvgIpc) is 3.12. The summed E-state index contributed by atoms with van der Waals surface area (Å²) in [4.78, 5) is 24.1. The van der Waals surface area contributed by atoms with Gasteiger partial charge >= 0.3 is 0 Å². The minimum Gasteiger partial charge on any atom is -0.359 e. The maximum Gasteiger partial charge on any atom is 0.289 e. The second-order valence-corrected chi connectivity index (χ2v) is 5.44. The number of nitrogens with zero attached hydrogens (tertiary/aromatic N) is 4. The summed E-state index contributed by atoms with van der Waals surface area (Å²) in [6.45, 7) is 0. The standard InChI is InChI=1S/C15H19N5O2/c1-22-15(20-10-9-16-11-20)5-3-12(4-6-15)19-14(21)13-17-7-2-8-18-13/h2,7-12H,3-6H2,1H3,(H,19,21). The smallest absolute Gasteiger partial charge is 0.289 e. The molecule has 3 rings (SSSR count). The van der Waals surface area contributed by atoms with Crippen LogP contribution in [-0.4, -0.2) is 38.6 Å². The van der Waals surface area contributed by atoms with Crippen LogP contribution in [0, 0.1) is 0 Å². The maximum atomic E-state index is 12.1. The molecule has 1 aliphatic rings. The Morgan fingerprint density at radius 1 is 1.32 bits per heavy atom. The predicted octanol–water partition coefficient (Wildman–Crippen LogP) is 1.34. The number of ether oxygens (including phenoxy) is 1. The molecule has 1 N–H and O–H groups in total. The van der Waals surface area contributed by atoms with Gasteiger partial charge in [-0.25, -0.2) is 15.0 Å². The Morgan fingerprint density at radius 3 is 2.64 bits per heavy atom. The Morgan fingerprint density at radius 2 is 2.05 bits per heavy atom. The summed E-state index contributed by atoms with van der Waals surface area (Å²) in [5.41, 5.74) is -0.360. The van der Waals surface area contributed by atoms with Gasteiger partial charge in [-0.1, -0.05) is 0 Å². The summed E-state index contributed by atoms with van der Waals surface area (Å²) < 4.78 is 7.75. The molecule has 2 aromatic rings. The minimum absolute atomic E-state index is 0.114. The molecule has 0 atom stereocenters. The van der Waals surface area contributed by atoms with Gasteiger partial charge in [0, 0.05) is 37.9 Å². The van der Waals surface area contributed by atoms with Crippen molar-refractivity contribution in [3.05, 3.63) is 43.0 Å². The molecule has 0 spiro atoms. The third-order valence-electron chi connectivity index (χ3n) is 4.23. The summed E-state index contributed by atoms with van der Waals surface area (Å²) in [7, 11) is 1.72. The molecule has 7 nitrogen and oxygen atoms in total. The summed E-state index contributed by atoms with van der Waals surface area (Å²) in [6.07, 6.45) is 11.9. The van der Waals surface area contributed by atoms with E-state index in [1.165, 1.54) is 0 Å². The molecule has 2 heterocycles. The lowest BCUT2D eigenvalue weighted by Gasteiger charge is -2.40. The van der Waals surface area contributed by atoms with Gasteiger partial charge in [0.05, 0.1) is 6.33 Å². The highest BCUT2D eigenvalue weighted by Crippen LogP contribution is 2.35. The second-order valence-electron chi connectivity index (χ2n) is 5.44. The van der Waals surface area contributed by atoms with Gasteiger partial charge in [-0.2, -0.15) is 0 Å². The van der Waals surface area contributed by atoms with E-state index >= 15 is 0 Å². The number of carbonyl (C=O) groups excluding carboxylic acids is 1. The van der Waals surface area contributed by atoms with Crippen LogP contribution in [0.1, 0.15) is 36.3 Å². The van der Waals surface area contributed by atoms with Crippen LogP contribution < -0.4 is 5.32 Å². The van der Waals surface area contributed by atoms with Crippen molar-refractivity contribution in [2.24, 2.45) is 0 Å². The van der Waals surface area contributed by atoms with Gasteiger partial charge < -0.3 is 14.6 Å². The number of aromatic nitrogens is 4. The highest BCUT2D eigenvalue weighted by molar-refractivity contribution is 5.90. The fourth-order valence-corrected chi connectivity index (χ4v) is 2.95. The largest absolute Gasteiger partial charge is 0.359 e. The van der Waals surface area contributed by atoms with Crippen molar-refractivity contribution in [3.8, 4) is 0 Å². The lowest BCUT2D eigenvalue weighted by atomic mass is 9.87. The van der Waals surface area contributed by atoms with Crippen LogP contribution >= 0.6 is 0 Å². The number of hydrogen-bond donors (Lipinski definition) is 1. The van der Waals surface area contributed by atoms with Crippen molar-refractivity contribution >= 4 is 5.91 Å². The highest BCUT2D eigenvalue weighted by atomic mass is 16.5. The van der Waals surface area contributed by atoms with Crippen LogP contribution in [0.3, 0.4) is 0 Å². The van der Waals surface area contributed by atoms with E-state index in [4.69, 9.17) is 4.74 Å². The molecule has 0 aromatic carbocycles. The molecule has 1 fully saturated rings. The first-order chi connectivity index (χ1) is 10.7. The molecule has 0 saturated heterocycles. The van der Waals surface area contributed by atoms with Crippen LogP contribution in [0.5, 0.6) is 0 Å². The van der Waals surface area contributed by atoms with E-state index in [1.54, 1.807) is 38.1 Å². The first-order valence-corrected chi connectivity index (χ1v) is 7.35. The SMILES string of the molecule is COC1(n2ccnc2)CCC(NC(=O)c2ncccn2)CC1. The number of imidazole rings is 1. The normalized spacial score (nSPS) is 24.9. The first-order valence-electron chi connectivity index (χ1n) is 7.35. The van der Waals surface area contributed by atoms with E-state index in [1.807, 2.05) is 10.8 Å². The van der Waals surface area contributed by atoms with E-state index in [9.17, 15) is 4.79 Å². The Kier molecular flexibility index (Phi) is 4.15. The summed E-state index contributed by atoms with van der Waals surface area (Å²) >= 11 is 0. The van der Waals surface area contributed by atoms with Crippen LogP contribution in [0.4, 0.5) is 0 Å². The van der Waals surface area contributed by atoms with E-state index in [2.05, 4.69) is 20.3 Å². The highest BCUT2D eigenvalue weighted by Gasteiger charge is 2.37. The third kappa shape index (κ3) is 2.85. The molecule has 7 heteroatoms. The van der Waals surface area contributed by atoms with Gasteiger partial charge in [0.2, 0.25) is 5.82 Å². The zero-order valence-corrected chi connectivity index (χ0v) is 12.5. The molecular formula is C15H19N5O2. The van der Waals surface area contributed by atoms with Gasteiger partial charge in [-0.15, -0.1) is 0 Å². The quantitative estimate of drug-likeness (QED) is 0.921. The van der Waals surface area contributed by atoms with E-state index < -0.39 is 0 Å². The minimum atomic E-state index is -0.360. The van der Waals surface area contributed by atoms with Crippen LogP contribution in [0.15, 0.2) is 37.2 Å². The van der Waals surface area contributed by atoms with Gasteiger partial charge in [0.1, 0.15) is 5.72 Å². The average molecular weight is 301 g/mol.